The van der Waals surface area contributed by atoms with Crippen molar-refractivity contribution in [1.82, 2.24) is 9.88 Å². The van der Waals surface area contributed by atoms with Crippen LogP contribution in [0.3, 0.4) is 0 Å². The average Bonchev–Trinajstić information content (AvgIpc) is 2.60. The van der Waals surface area contributed by atoms with Crippen molar-refractivity contribution in [2.75, 3.05) is 13.1 Å². The van der Waals surface area contributed by atoms with Gasteiger partial charge in [0.1, 0.15) is 11.4 Å². The number of likely N-dealkylation sites (tertiary alicyclic amines) is 1. The van der Waals surface area contributed by atoms with Gasteiger partial charge in [0.2, 0.25) is 0 Å². The summed E-state index contributed by atoms with van der Waals surface area (Å²) in [6, 6.07) is 6.30. The summed E-state index contributed by atoms with van der Waals surface area (Å²) in [7, 11) is 0. The zero-order chi connectivity index (χ0) is 18.9. The predicted molar refractivity (Wildman–Crippen MR) is 105 cm³/mol. The van der Waals surface area contributed by atoms with Gasteiger partial charge in [-0.25, -0.2) is 4.39 Å². The lowest BCUT2D eigenvalue weighted by Gasteiger charge is -2.49. The summed E-state index contributed by atoms with van der Waals surface area (Å²) in [6.45, 7) is 2.32. The number of aliphatic hydroxyl groups is 1. The van der Waals surface area contributed by atoms with Crippen LogP contribution in [-0.2, 0) is 6.42 Å². The maximum absolute atomic E-state index is 14.2. The van der Waals surface area contributed by atoms with E-state index in [1.807, 2.05) is 13.0 Å². The molecule has 0 aliphatic carbocycles. The second-order valence-corrected chi connectivity index (χ2v) is 7.97. The van der Waals surface area contributed by atoms with E-state index in [2.05, 4.69) is 27.6 Å². The number of rotatable bonds is 5. The fraction of sp³-hybridized carbons (Fsp3) is 0.368. The number of nitrogens with zero attached hydrogens (tertiary/aromatic N) is 2. The lowest BCUT2D eigenvalue weighted by atomic mass is 9.84. The number of benzene rings is 1. The van der Waals surface area contributed by atoms with Crippen molar-refractivity contribution < 1.29 is 14.3 Å². The summed E-state index contributed by atoms with van der Waals surface area (Å²) < 4.78 is 15.0. The van der Waals surface area contributed by atoms with Gasteiger partial charge in [0.25, 0.3) is 5.91 Å². The number of halogens is 2. The number of amides is 1. The van der Waals surface area contributed by atoms with Crippen LogP contribution in [0.5, 0.6) is 0 Å². The Kier molecular flexibility index (Phi) is 5.59. The van der Waals surface area contributed by atoms with Crippen LogP contribution in [0.1, 0.15) is 34.8 Å². The van der Waals surface area contributed by atoms with Gasteiger partial charge in [0, 0.05) is 34.0 Å². The molecule has 3 N–H and O–H groups in total. The molecule has 5 nitrogen and oxygen atoms in total. The van der Waals surface area contributed by atoms with Crippen molar-refractivity contribution >= 4 is 28.5 Å². The molecular weight excluding hydrogens is 448 g/mol. The highest BCUT2D eigenvalue weighted by Crippen LogP contribution is 2.28. The Labute approximate surface area is 165 Å². The van der Waals surface area contributed by atoms with Crippen molar-refractivity contribution in [1.29, 1.82) is 0 Å². The van der Waals surface area contributed by atoms with Crippen LogP contribution in [-0.4, -0.2) is 45.6 Å². The highest BCUT2D eigenvalue weighted by Gasteiger charge is 2.47. The van der Waals surface area contributed by atoms with Crippen molar-refractivity contribution in [3.63, 3.8) is 0 Å². The fourth-order valence-corrected chi connectivity index (χ4v) is 3.64. The van der Waals surface area contributed by atoms with Crippen LogP contribution >= 0.6 is 22.6 Å². The van der Waals surface area contributed by atoms with E-state index in [1.54, 1.807) is 29.4 Å². The second-order valence-electron chi connectivity index (χ2n) is 6.72. The number of nitrogens with two attached hydrogens (primary N) is 1. The first kappa shape index (κ1) is 19.2. The largest absolute Gasteiger partial charge is 0.385 e. The van der Waals surface area contributed by atoms with Crippen LogP contribution < -0.4 is 5.73 Å². The van der Waals surface area contributed by atoms with Gasteiger partial charge in [-0.1, -0.05) is 13.0 Å². The van der Waals surface area contributed by atoms with E-state index in [0.717, 1.165) is 3.57 Å². The molecule has 1 aliphatic heterocycles. The third kappa shape index (κ3) is 3.74. The number of β-amino-alcohol motifs (C(OH)–C–C–N with tert-alkyl or cyclic N) is 1. The molecule has 1 aliphatic rings. The van der Waals surface area contributed by atoms with Gasteiger partial charge < -0.3 is 15.7 Å². The standard InChI is InChI=1S/C19H21FIN3O2/c1-2-17(22)19(26)10-24(11-19)18(25)15-5-6-23-9-13(15)7-12-3-4-14(21)8-16(12)20/h3-6,8-9,17,26H,2,7,10-11,22H2,1H3/t17-/m0/s1. The number of hydrogen-bond donors (Lipinski definition) is 2. The molecule has 0 spiro atoms. The molecule has 3 rings (SSSR count). The molecule has 1 amide bonds. The summed E-state index contributed by atoms with van der Waals surface area (Å²) in [5.41, 5.74) is 6.56. The number of carbonyl (C=O) groups is 1. The third-order valence-electron chi connectivity index (χ3n) is 4.88. The van der Waals surface area contributed by atoms with E-state index in [-0.39, 0.29) is 37.3 Å². The minimum Gasteiger partial charge on any atom is -0.385 e. The van der Waals surface area contributed by atoms with Crippen LogP contribution in [0.15, 0.2) is 36.7 Å². The molecule has 0 bridgehead atoms. The van der Waals surface area contributed by atoms with Gasteiger partial charge in [0.05, 0.1) is 13.1 Å². The van der Waals surface area contributed by atoms with Gasteiger partial charge in [-0.05, 0) is 58.3 Å². The van der Waals surface area contributed by atoms with Gasteiger partial charge in [-0.3, -0.25) is 9.78 Å². The Morgan fingerprint density at radius 1 is 1.42 bits per heavy atom. The zero-order valence-electron chi connectivity index (χ0n) is 14.5. The number of aromatic nitrogens is 1. The number of carbonyl (C=O) groups excluding carboxylic acids is 1. The first-order valence-corrected chi connectivity index (χ1v) is 9.56. The predicted octanol–water partition coefficient (Wildman–Crippen LogP) is 2.34. The van der Waals surface area contributed by atoms with E-state index in [0.29, 0.717) is 23.1 Å². The Hall–Kier alpha value is -1.58. The molecule has 26 heavy (non-hydrogen) atoms. The number of hydrogen-bond acceptors (Lipinski definition) is 4. The molecule has 1 fully saturated rings. The molecule has 1 aromatic heterocycles. The van der Waals surface area contributed by atoms with E-state index < -0.39 is 5.60 Å². The van der Waals surface area contributed by atoms with Crippen LogP contribution in [0.25, 0.3) is 0 Å². The minimum atomic E-state index is -1.03. The third-order valence-corrected chi connectivity index (χ3v) is 5.55. The lowest BCUT2D eigenvalue weighted by Crippen LogP contribution is -2.70. The second kappa shape index (κ2) is 7.58. The van der Waals surface area contributed by atoms with Crippen molar-refractivity contribution in [3.8, 4) is 0 Å². The highest BCUT2D eigenvalue weighted by molar-refractivity contribution is 14.1. The van der Waals surface area contributed by atoms with E-state index in [4.69, 9.17) is 5.73 Å². The van der Waals surface area contributed by atoms with Crippen LogP contribution in [0, 0.1) is 9.39 Å². The van der Waals surface area contributed by atoms with Crippen LogP contribution in [0.4, 0.5) is 4.39 Å². The molecule has 2 heterocycles. The Balaban J connectivity index is 1.79. The molecule has 1 aromatic carbocycles. The van der Waals surface area contributed by atoms with Gasteiger partial charge in [-0.15, -0.1) is 0 Å². The summed E-state index contributed by atoms with van der Waals surface area (Å²) >= 11 is 2.06. The van der Waals surface area contributed by atoms with Gasteiger partial charge in [-0.2, -0.15) is 0 Å². The van der Waals surface area contributed by atoms with E-state index in [9.17, 15) is 14.3 Å². The van der Waals surface area contributed by atoms with Crippen molar-refractivity contribution in [2.24, 2.45) is 5.73 Å². The van der Waals surface area contributed by atoms with Crippen molar-refractivity contribution in [3.05, 3.63) is 62.7 Å². The molecule has 2 aromatic rings. The minimum absolute atomic E-state index is 0.193. The van der Waals surface area contributed by atoms with E-state index >= 15 is 0 Å². The highest BCUT2D eigenvalue weighted by atomic mass is 127. The molecule has 1 atom stereocenters. The molecule has 138 valence electrons. The van der Waals surface area contributed by atoms with Gasteiger partial charge in [0.15, 0.2) is 0 Å². The fourth-order valence-electron chi connectivity index (χ4n) is 3.19. The topological polar surface area (TPSA) is 79.5 Å². The first-order chi connectivity index (χ1) is 12.3. The Bertz CT molecular complexity index is 824. The number of pyridine rings is 1. The summed E-state index contributed by atoms with van der Waals surface area (Å²) in [6.07, 6.45) is 4.06. The Morgan fingerprint density at radius 2 is 2.15 bits per heavy atom. The first-order valence-electron chi connectivity index (χ1n) is 8.48. The summed E-state index contributed by atoms with van der Waals surface area (Å²) in [5.74, 6) is -0.493. The Morgan fingerprint density at radius 3 is 2.81 bits per heavy atom. The molecule has 0 radical (unpaired) electrons. The summed E-state index contributed by atoms with van der Waals surface area (Å²) in [5, 5.41) is 10.4. The lowest BCUT2D eigenvalue weighted by molar-refractivity contribution is -0.0971. The van der Waals surface area contributed by atoms with Crippen molar-refractivity contribution in [2.45, 2.75) is 31.4 Å². The quantitative estimate of drug-likeness (QED) is 0.660. The molecular formula is C19H21FIN3O2. The smallest absolute Gasteiger partial charge is 0.254 e. The van der Waals surface area contributed by atoms with E-state index in [1.165, 1.54) is 6.07 Å². The SMILES string of the molecule is CC[C@H](N)C1(O)CN(C(=O)c2ccncc2Cc2ccc(I)cc2F)C1. The van der Waals surface area contributed by atoms with Gasteiger partial charge >= 0.3 is 0 Å². The molecule has 0 unspecified atom stereocenters. The molecule has 7 heteroatoms. The maximum Gasteiger partial charge on any atom is 0.254 e. The molecule has 0 saturated carbocycles. The average molecular weight is 469 g/mol. The molecule has 1 saturated heterocycles. The normalized spacial score (nSPS) is 16.9. The summed E-state index contributed by atoms with van der Waals surface area (Å²) in [4.78, 5) is 18.5. The van der Waals surface area contributed by atoms with Crippen LogP contribution in [0.2, 0.25) is 0 Å². The zero-order valence-corrected chi connectivity index (χ0v) is 16.6. The maximum atomic E-state index is 14.2. The monoisotopic (exact) mass is 469 g/mol.